The highest BCUT2D eigenvalue weighted by Gasteiger charge is 2.15. The molecule has 0 bridgehead atoms. The van der Waals surface area contributed by atoms with E-state index >= 15 is 0 Å². The molecule has 0 saturated heterocycles. The minimum atomic E-state index is -0.374. The fourth-order valence-electron chi connectivity index (χ4n) is 3.64. The molecule has 2 aromatic heterocycles. The molecule has 8 heteroatoms. The summed E-state index contributed by atoms with van der Waals surface area (Å²) in [4.78, 5) is 10.6. The maximum atomic E-state index is 11.0. The van der Waals surface area contributed by atoms with Gasteiger partial charge in [0.1, 0.15) is 0 Å². The molecule has 0 saturated carbocycles. The molecule has 2 aromatic carbocycles. The quantitative estimate of drug-likeness (QED) is 0.216. The molecule has 7 nitrogen and oxygen atoms in total. The van der Waals surface area contributed by atoms with Crippen molar-refractivity contribution in [2.75, 3.05) is 0 Å². The van der Waals surface area contributed by atoms with Crippen LogP contribution in [-0.4, -0.2) is 24.3 Å². The van der Waals surface area contributed by atoms with Gasteiger partial charge in [-0.2, -0.15) is 0 Å². The number of aromatic nitrogens is 4. The number of hydrogen-bond acceptors (Lipinski definition) is 5. The lowest BCUT2D eigenvalue weighted by molar-refractivity contribution is -0.384. The first-order valence-electron chi connectivity index (χ1n) is 10.0. The number of rotatable bonds is 7. The van der Waals surface area contributed by atoms with Crippen molar-refractivity contribution < 1.29 is 4.92 Å². The van der Waals surface area contributed by atoms with Crippen molar-refractivity contribution in [1.82, 2.24) is 19.3 Å². The molecule has 4 rings (SSSR count). The first-order chi connectivity index (χ1) is 15.0. The molecule has 0 radical (unpaired) electrons. The Balaban J connectivity index is 1.56. The Bertz CT molecular complexity index is 1210. The van der Waals surface area contributed by atoms with Crippen molar-refractivity contribution in [3.8, 4) is 17.1 Å². The Kier molecular flexibility index (Phi) is 5.90. The van der Waals surface area contributed by atoms with Crippen LogP contribution in [0.5, 0.6) is 0 Å². The van der Waals surface area contributed by atoms with Crippen LogP contribution in [0.1, 0.15) is 23.9 Å². The molecule has 4 aromatic rings. The van der Waals surface area contributed by atoms with Gasteiger partial charge in [0.25, 0.3) is 5.69 Å². The molecule has 0 spiro atoms. The third-order valence-electron chi connectivity index (χ3n) is 5.18. The SMILES string of the molecule is CCn1c(SCc2cccc([N+](=O)[O-])c2)nnc1-c1ccc(-n2c(C)ccc2C)cc1. The zero-order valence-corrected chi connectivity index (χ0v) is 18.5. The summed E-state index contributed by atoms with van der Waals surface area (Å²) in [5.74, 6) is 1.40. The zero-order chi connectivity index (χ0) is 22.0. The summed E-state index contributed by atoms with van der Waals surface area (Å²) >= 11 is 1.53. The van der Waals surface area contributed by atoms with Crippen molar-refractivity contribution in [3.63, 3.8) is 0 Å². The highest BCUT2D eigenvalue weighted by Crippen LogP contribution is 2.28. The van der Waals surface area contributed by atoms with Crippen LogP contribution in [-0.2, 0) is 12.3 Å². The fraction of sp³-hybridized carbons (Fsp3) is 0.217. The van der Waals surface area contributed by atoms with E-state index in [1.54, 1.807) is 12.1 Å². The molecule has 0 aliphatic heterocycles. The van der Waals surface area contributed by atoms with Crippen molar-refractivity contribution in [2.24, 2.45) is 0 Å². The third-order valence-corrected chi connectivity index (χ3v) is 6.22. The Hall–Kier alpha value is -3.39. The molecule has 158 valence electrons. The van der Waals surface area contributed by atoms with E-state index in [4.69, 9.17) is 0 Å². The van der Waals surface area contributed by atoms with E-state index in [-0.39, 0.29) is 10.6 Å². The van der Waals surface area contributed by atoms with Crippen LogP contribution < -0.4 is 0 Å². The Morgan fingerprint density at radius 3 is 2.35 bits per heavy atom. The average molecular weight is 434 g/mol. The van der Waals surface area contributed by atoms with E-state index in [2.05, 4.69) is 76.5 Å². The van der Waals surface area contributed by atoms with Crippen LogP contribution in [0, 0.1) is 24.0 Å². The van der Waals surface area contributed by atoms with E-state index in [0.29, 0.717) is 5.75 Å². The van der Waals surface area contributed by atoms with Crippen LogP contribution in [0.2, 0.25) is 0 Å². The van der Waals surface area contributed by atoms with Gasteiger partial charge in [-0.25, -0.2) is 0 Å². The molecule has 0 amide bonds. The number of thioether (sulfide) groups is 1. The van der Waals surface area contributed by atoms with Crippen molar-refractivity contribution in [2.45, 2.75) is 38.2 Å². The van der Waals surface area contributed by atoms with Gasteiger partial charge in [-0.3, -0.25) is 10.1 Å². The van der Waals surface area contributed by atoms with Crippen LogP contribution in [0.3, 0.4) is 0 Å². The normalized spacial score (nSPS) is 11.1. The Labute approximate surface area is 184 Å². The summed E-state index contributed by atoms with van der Waals surface area (Å²) in [5, 5.41) is 20.6. The van der Waals surface area contributed by atoms with E-state index in [1.165, 1.54) is 29.2 Å². The second-order valence-corrected chi connectivity index (χ2v) is 8.21. The summed E-state index contributed by atoms with van der Waals surface area (Å²) in [7, 11) is 0. The monoisotopic (exact) mass is 433 g/mol. The predicted molar refractivity (Wildman–Crippen MR) is 123 cm³/mol. The molecule has 0 aliphatic carbocycles. The van der Waals surface area contributed by atoms with Gasteiger partial charge in [0.05, 0.1) is 4.92 Å². The first kappa shape index (κ1) is 20.9. The standard InChI is InChI=1S/C23H23N5O2S/c1-4-26-22(19-10-12-20(13-11-19)27-16(2)8-9-17(27)3)24-25-23(26)31-15-18-6-5-7-21(14-18)28(29)30/h5-14H,4,15H2,1-3H3. The minimum absolute atomic E-state index is 0.101. The zero-order valence-electron chi connectivity index (χ0n) is 17.6. The van der Waals surface area contributed by atoms with Gasteiger partial charge in [-0.15, -0.1) is 10.2 Å². The van der Waals surface area contributed by atoms with E-state index in [9.17, 15) is 10.1 Å². The molecular weight excluding hydrogens is 410 g/mol. The highest BCUT2D eigenvalue weighted by molar-refractivity contribution is 7.98. The van der Waals surface area contributed by atoms with Crippen molar-refractivity contribution in [1.29, 1.82) is 0 Å². The molecular formula is C23H23N5O2S. The number of non-ortho nitro benzene ring substituents is 1. The van der Waals surface area contributed by atoms with E-state index in [0.717, 1.165) is 34.3 Å². The van der Waals surface area contributed by atoms with Gasteiger partial charge in [-0.1, -0.05) is 23.9 Å². The predicted octanol–water partition coefficient (Wildman–Crippen LogP) is 5.57. The maximum Gasteiger partial charge on any atom is 0.269 e. The topological polar surface area (TPSA) is 78.8 Å². The largest absolute Gasteiger partial charge is 0.319 e. The molecule has 31 heavy (non-hydrogen) atoms. The second-order valence-electron chi connectivity index (χ2n) is 7.26. The summed E-state index contributed by atoms with van der Waals surface area (Å²) < 4.78 is 4.29. The smallest absolute Gasteiger partial charge is 0.269 e. The summed E-state index contributed by atoms with van der Waals surface area (Å²) in [6.45, 7) is 6.99. The number of aryl methyl sites for hydroxylation is 2. The lowest BCUT2D eigenvalue weighted by atomic mass is 10.2. The Morgan fingerprint density at radius 1 is 1.00 bits per heavy atom. The van der Waals surface area contributed by atoms with Crippen molar-refractivity contribution >= 4 is 17.4 Å². The number of nitro benzene ring substituents is 1. The van der Waals surface area contributed by atoms with Crippen LogP contribution in [0.15, 0.2) is 65.8 Å². The molecule has 0 aliphatic rings. The number of nitro groups is 1. The third kappa shape index (κ3) is 4.25. The molecule has 0 atom stereocenters. The van der Waals surface area contributed by atoms with Gasteiger partial charge in [0, 0.05) is 47.1 Å². The van der Waals surface area contributed by atoms with Gasteiger partial charge < -0.3 is 9.13 Å². The summed E-state index contributed by atoms with van der Waals surface area (Å²) in [5.41, 5.74) is 5.50. The molecule has 0 N–H and O–H groups in total. The second kappa shape index (κ2) is 8.77. The number of hydrogen-bond donors (Lipinski definition) is 0. The van der Waals surface area contributed by atoms with Crippen molar-refractivity contribution in [3.05, 3.63) is 87.7 Å². The average Bonchev–Trinajstić information content (AvgIpc) is 3.34. The first-order valence-corrected chi connectivity index (χ1v) is 11.0. The summed E-state index contributed by atoms with van der Waals surface area (Å²) in [6.07, 6.45) is 0. The van der Waals surface area contributed by atoms with Gasteiger partial charge in [-0.05, 0) is 62.7 Å². The maximum absolute atomic E-state index is 11.0. The summed E-state index contributed by atoms with van der Waals surface area (Å²) in [6, 6.07) is 19.3. The number of nitrogens with zero attached hydrogens (tertiary/aromatic N) is 5. The fourth-order valence-corrected chi connectivity index (χ4v) is 4.58. The Morgan fingerprint density at radius 2 is 1.71 bits per heavy atom. The highest BCUT2D eigenvalue weighted by atomic mass is 32.2. The molecule has 0 fully saturated rings. The van der Waals surface area contributed by atoms with Crippen LogP contribution in [0.4, 0.5) is 5.69 Å². The lowest BCUT2D eigenvalue weighted by Crippen LogP contribution is -2.01. The van der Waals surface area contributed by atoms with E-state index < -0.39 is 0 Å². The van der Waals surface area contributed by atoms with Crippen LogP contribution in [0.25, 0.3) is 17.1 Å². The minimum Gasteiger partial charge on any atom is -0.319 e. The van der Waals surface area contributed by atoms with E-state index in [1.807, 2.05) is 6.07 Å². The lowest BCUT2D eigenvalue weighted by Gasteiger charge is -2.11. The number of benzene rings is 2. The van der Waals surface area contributed by atoms with Gasteiger partial charge >= 0.3 is 0 Å². The van der Waals surface area contributed by atoms with Gasteiger partial charge in [0.2, 0.25) is 0 Å². The molecule has 0 unspecified atom stereocenters. The van der Waals surface area contributed by atoms with Gasteiger partial charge in [0.15, 0.2) is 11.0 Å². The van der Waals surface area contributed by atoms with Crippen LogP contribution >= 0.6 is 11.8 Å². The molecule has 2 heterocycles.